The van der Waals surface area contributed by atoms with E-state index in [-0.39, 0.29) is 18.0 Å². The van der Waals surface area contributed by atoms with E-state index >= 15 is 0 Å². The summed E-state index contributed by atoms with van der Waals surface area (Å²) in [5.41, 5.74) is 6.09. The lowest BCUT2D eigenvalue weighted by Gasteiger charge is -2.41. The van der Waals surface area contributed by atoms with Crippen LogP contribution in [0.25, 0.3) is 11.1 Å². The number of ether oxygens (including phenoxy) is 1. The van der Waals surface area contributed by atoms with E-state index in [0.717, 1.165) is 59.5 Å². The zero-order chi connectivity index (χ0) is 25.4. The van der Waals surface area contributed by atoms with Crippen LogP contribution in [0.1, 0.15) is 42.0 Å². The molecule has 1 aromatic heterocycles. The Kier molecular flexibility index (Phi) is 6.30. The second-order valence-corrected chi connectivity index (χ2v) is 9.89. The Morgan fingerprint density at radius 2 is 1.89 bits per heavy atom. The van der Waals surface area contributed by atoms with Crippen LogP contribution in [0.15, 0.2) is 71.1 Å². The number of oxazole rings is 1. The molecule has 1 saturated heterocycles. The SMILES string of the molecule is COc1cc2c(cc1CN[C@H]1CCCN(c3nc4ccccc4o3)[C@H]1c1ccccc1)N(C)C(=O)CC2. The smallest absolute Gasteiger partial charge is 0.298 e. The van der Waals surface area contributed by atoms with Crippen LogP contribution in [-0.2, 0) is 17.8 Å². The molecule has 0 saturated carbocycles. The predicted octanol–water partition coefficient (Wildman–Crippen LogP) is 5.25. The Hall–Kier alpha value is -3.84. The molecule has 1 amide bonds. The fraction of sp³-hybridized carbons (Fsp3) is 0.333. The standard InChI is InChI=1S/C30H32N4O3/c1-33-25-17-22(27(36-2)18-21(25)14-15-28(33)35)19-31-24-12-8-16-34(29(24)20-9-4-3-5-10-20)30-32-23-11-6-7-13-26(23)37-30/h3-7,9-11,13,17-18,24,29,31H,8,12,14-16,19H2,1-2H3/t24-,29-/m0/s1. The van der Waals surface area contributed by atoms with E-state index in [9.17, 15) is 4.79 Å². The van der Waals surface area contributed by atoms with Crippen LogP contribution in [0.3, 0.4) is 0 Å². The molecule has 3 heterocycles. The van der Waals surface area contributed by atoms with Crippen LogP contribution in [0.4, 0.5) is 11.7 Å². The summed E-state index contributed by atoms with van der Waals surface area (Å²) in [4.78, 5) is 21.2. The summed E-state index contributed by atoms with van der Waals surface area (Å²) < 4.78 is 12.0. The van der Waals surface area contributed by atoms with Gasteiger partial charge in [-0.15, -0.1) is 0 Å². The quantitative estimate of drug-likeness (QED) is 0.393. The molecule has 3 aromatic carbocycles. The molecule has 0 unspecified atom stereocenters. The van der Waals surface area contributed by atoms with Gasteiger partial charge in [-0.2, -0.15) is 4.98 Å². The molecule has 1 N–H and O–H groups in total. The van der Waals surface area contributed by atoms with Crippen molar-refractivity contribution in [3.63, 3.8) is 0 Å². The van der Waals surface area contributed by atoms with Gasteiger partial charge in [0.25, 0.3) is 6.01 Å². The Morgan fingerprint density at radius 1 is 1.08 bits per heavy atom. The third-order valence-corrected chi connectivity index (χ3v) is 7.68. The maximum atomic E-state index is 12.3. The molecule has 0 radical (unpaired) electrons. The molecule has 0 spiro atoms. The fourth-order valence-corrected chi connectivity index (χ4v) is 5.75. The molecule has 7 nitrogen and oxygen atoms in total. The van der Waals surface area contributed by atoms with E-state index in [0.29, 0.717) is 19.0 Å². The van der Waals surface area contributed by atoms with Gasteiger partial charge in [0, 0.05) is 43.9 Å². The van der Waals surface area contributed by atoms with Gasteiger partial charge < -0.3 is 24.3 Å². The summed E-state index contributed by atoms with van der Waals surface area (Å²) in [5, 5.41) is 3.83. The number of carbonyl (C=O) groups excluding carboxylic acids is 1. The van der Waals surface area contributed by atoms with Crippen LogP contribution in [-0.4, -0.2) is 37.6 Å². The Labute approximate surface area is 217 Å². The number of carbonyl (C=O) groups is 1. The summed E-state index contributed by atoms with van der Waals surface area (Å²) in [6.07, 6.45) is 3.34. The number of nitrogens with one attached hydrogen (secondary N) is 1. The van der Waals surface area contributed by atoms with Gasteiger partial charge >= 0.3 is 0 Å². The minimum absolute atomic E-state index is 0.0656. The van der Waals surface area contributed by atoms with Gasteiger partial charge in [0.15, 0.2) is 5.58 Å². The predicted molar refractivity (Wildman–Crippen MR) is 145 cm³/mol. The number of piperidine rings is 1. The lowest BCUT2D eigenvalue weighted by molar-refractivity contribution is -0.118. The van der Waals surface area contributed by atoms with Gasteiger partial charge in [0.2, 0.25) is 5.91 Å². The van der Waals surface area contributed by atoms with Gasteiger partial charge in [-0.25, -0.2) is 0 Å². The number of benzene rings is 3. The molecule has 37 heavy (non-hydrogen) atoms. The molecule has 6 rings (SSSR count). The van der Waals surface area contributed by atoms with Crippen LogP contribution in [0, 0.1) is 0 Å². The number of nitrogens with zero attached hydrogens (tertiary/aromatic N) is 3. The number of amides is 1. The summed E-state index contributed by atoms with van der Waals surface area (Å²) in [7, 11) is 3.57. The first kappa shape index (κ1) is 23.6. The summed E-state index contributed by atoms with van der Waals surface area (Å²) in [6.45, 7) is 1.51. The number of fused-ring (bicyclic) bond motifs is 2. The summed E-state index contributed by atoms with van der Waals surface area (Å²) >= 11 is 0. The van der Waals surface area contributed by atoms with Crippen molar-refractivity contribution in [1.29, 1.82) is 0 Å². The number of hydrogen-bond donors (Lipinski definition) is 1. The van der Waals surface area contributed by atoms with Crippen LogP contribution < -0.4 is 19.9 Å². The van der Waals surface area contributed by atoms with Gasteiger partial charge in [0.1, 0.15) is 11.3 Å². The zero-order valence-corrected chi connectivity index (χ0v) is 21.3. The number of para-hydroxylation sites is 2. The Balaban J connectivity index is 1.31. The highest BCUT2D eigenvalue weighted by Crippen LogP contribution is 2.38. The summed E-state index contributed by atoms with van der Waals surface area (Å²) in [5.74, 6) is 1.01. The van der Waals surface area contributed by atoms with Crippen molar-refractivity contribution in [2.45, 2.75) is 44.3 Å². The molecule has 0 aliphatic carbocycles. The number of methoxy groups -OCH3 is 1. The first-order valence-corrected chi connectivity index (χ1v) is 13.0. The molecule has 4 aromatic rings. The highest BCUT2D eigenvalue weighted by molar-refractivity contribution is 5.96. The normalized spacial score (nSPS) is 19.8. The molecular weight excluding hydrogens is 464 g/mol. The van der Waals surface area contributed by atoms with Crippen molar-refractivity contribution in [1.82, 2.24) is 10.3 Å². The minimum Gasteiger partial charge on any atom is -0.496 e. The average Bonchev–Trinajstić information content (AvgIpc) is 3.38. The molecule has 0 bridgehead atoms. The van der Waals surface area contributed by atoms with Gasteiger partial charge in [0.05, 0.1) is 13.2 Å². The third kappa shape index (κ3) is 4.44. The molecule has 190 valence electrons. The largest absolute Gasteiger partial charge is 0.496 e. The second kappa shape index (κ2) is 9.90. The van der Waals surface area contributed by atoms with Crippen molar-refractivity contribution < 1.29 is 13.9 Å². The van der Waals surface area contributed by atoms with Gasteiger partial charge in [-0.3, -0.25) is 4.79 Å². The van der Waals surface area contributed by atoms with Crippen molar-refractivity contribution in [2.24, 2.45) is 0 Å². The topological polar surface area (TPSA) is 70.8 Å². The lowest BCUT2D eigenvalue weighted by Crippen LogP contribution is -2.48. The number of rotatable bonds is 6. The Morgan fingerprint density at radius 3 is 2.70 bits per heavy atom. The van der Waals surface area contributed by atoms with Crippen molar-refractivity contribution in [2.75, 3.05) is 30.5 Å². The monoisotopic (exact) mass is 496 g/mol. The van der Waals surface area contributed by atoms with E-state index in [1.165, 1.54) is 5.56 Å². The van der Waals surface area contributed by atoms with E-state index in [1.54, 1.807) is 12.0 Å². The maximum Gasteiger partial charge on any atom is 0.298 e. The second-order valence-electron chi connectivity index (χ2n) is 9.89. The molecule has 2 aliphatic heterocycles. The van der Waals surface area contributed by atoms with Crippen LogP contribution in [0.5, 0.6) is 5.75 Å². The number of hydrogen-bond acceptors (Lipinski definition) is 6. The van der Waals surface area contributed by atoms with Crippen molar-refractivity contribution in [3.8, 4) is 5.75 Å². The summed E-state index contributed by atoms with van der Waals surface area (Å²) in [6, 6.07) is 23.6. The molecular formula is C30H32N4O3. The first-order valence-electron chi connectivity index (χ1n) is 13.0. The van der Waals surface area contributed by atoms with Crippen molar-refractivity contribution >= 4 is 28.7 Å². The highest BCUT2D eigenvalue weighted by atomic mass is 16.5. The molecule has 2 atom stereocenters. The van der Waals surface area contributed by atoms with Gasteiger partial charge in [-0.05, 0) is 54.7 Å². The lowest BCUT2D eigenvalue weighted by atomic mass is 9.90. The number of anilines is 2. The van der Waals surface area contributed by atoms with E-state index in [1.807, 2.05) is 37.4 Å². The van der Waals surface area contributed by atoms with E-state index in [4.69, 9.17) is 14.1 Å². The minimum atomic E-state index is 0.0656. The first-order chi connectivity index (χ1) is 18.1. The molecule has 1 fully saturated rings. The van der Waals surface area contributed by atoms with E-state index < -0.39 is 0 Å². The zero-order valence-electron chi connectivity index (χ0n) is 21.3. The Bertz CT molecular complexity index is 1380. The maximum absolute atomic E-state index is 12.3. The molecule has 2 aliphatic rings. The number of aromatic nitrogens is 1. The fourth-order valence-electron chi connectivity index (χ4n) is 5.75. The third-order valence-electron chi connectivity index (χ3n) is 7.68. The van der Waals surface area contributed by atoms with E-state index in [2.05, 4.69) is 46.6 Å². The highest BCUT2D eigenvalue weighted by Gasteiger charge is 2.35. The van der Waals surface area contributed by atoms with Crippen LogP contribution in [0.2, 0.25) is 0 Å². The van der Waals surface area contributed by atoms with Gasteiger partial charge in [-0.1, -0.05) is 42.5 Å². The average molecular weight is 497 g/mol. The molecule has 7 heteroatoms. The number of aryl methyl sites for hydroxylation is 1. The van der Waals surface area contributed by atoms with Crippen LogP contribution >= 0.6 is 0 Å². The van der Waals surface area contributed by atoms with Crippen molar-refractivity contribution in [3.05, 3.63) is 83.4 Å².